The van der Waals surface area contributed by atoms with Crippen LogP contribution in [0.3, 0.4) is 0 Å². The Labute approximate surface area is 134 Å². The molecule has 2 heterocycles. The van der Waals surface area contributed by atoms with Gasteiger partial charge in [0.05, 0.1) is 17.2 Å². The highest BCUT2D eigenvalue weighted by molar-refractivity contribution is 8.01. The summed E-state index contributed by atoms with van der Waals surface area (Å²) in [5, 5.41) is 0.0486. The van der Waals surface area contributed by atoms with E-state index >= 15 is 0 Å². The molecule has 0 spiro atoms. The van der Waals surface area contributed by atoms with Gasteiger partial charge in [-0.1, -0.05) is 0 Å². The van der Waals surface area contributed by atoms with Crippen LogP contribution >= 0.6 is 11.8 Å². The van der Waals surface area contributed by atoms with Crippen LogP contribution in [0.15, 0.2) is 0 Å². The number of ether oxygens (including phenoxy) is 2. The summed E-state index contributed by atoms with van der Waals surface area (Å²) in [7, 11) is 0. The van der Waals surface area contributed by atoms with Crippen molar-refractivity contribution in [3.8, 4) is 0 Å². The monoisotopic (exact) mass is 329 g/mol. The Morgan fingerprint density at radius 1 is 1.32 bits per heavy atom. The highest BCUT2D eigenvalue weighted by atomic mass is 32.2. The largest absolute Gasteiger partial charge is 0.425 e. The van der Waals surface area contributed by atoms with E-state index in [1.54, 1.807) is 37.4 Å². The van der Waals surface area contributed by atoms with Crippen molar-refractivity contribution in [3.05, 3.63) is 0 Å². The summed E-state index contributed by atoms with van der Waals surface area (Å²) in [5.74, 6) is -1.00. The molecule has 1 amide bonds. The molecule has 0 aliphatic carbocycles. The molecule has 1 unspecified atom stereocenters. The summed E-state index contributed by atoms with van der Waals surface area (Å²) in [6, 6.07) is -0.639. The van der Waals surface area contributed by atoms with Crippen LogP contribution < -0.4 is 0 Å². The first-order valence-electron chi connectivity index (χ1n) is 7.34. The molecule has 0 aromatic rings. The minimum atomic E-state index is -0.976. The maximum Gasteiger partial charge on any atom is 0.333 e. The highest BCUT2D eigenvalue weighted by Crippen LogP contribution is 2.50. The van der Waals surface area contributed by atoms with Gasteiger partial charge >= 0.3 is 11.9 Å². The minimum Gasteiger partial charge on any atom is -0.425 e. The van der Waals surface area contributed by atoms with Crippen molar-refractivity contribution in [1.82, 2.24) is 4.90 Å². The molecule has 124 valence electrons. The van der Waals surface area contributed by atoms with Crippen LogP contribution in [0.5, 0.6) is 0 Å². The Morgan fingerprint density at radius 2 is 1.91 bits per heavy atom. The Hall–Kier alpha value is -1.24. The van der Waals surface area contributed by atoms with Gasteiger partial charge in [0.15, 0.2) is 0 Å². The van der Waals surface area contributed by atoms with Crippen molar-refractivity contribution in [3.63, 3.8) is 0 Å². The van der Waals surface area contributed by atoms with Crippen molar-refractivity contribution in [2.75, 3.05) is 0 Å². The molecular weight excluding hydrogens is 306 g/mol. The fraction of sp³-hybridized carbons (Fsp3) is 0.800. The first-order chi connectivity index (χ1) is 9.93. The highest BCUT2D eigenvalue weighted by Gasteiger charge is 2.59. The van der Waals surface area contributed by atoms with Crippen LogP contribution in [-0.4, -0.2) is 45.2 Å². The average Bonchev–Trinajstić information content (AvgIpc) is 2.54. The SMILES string of the molecule is CC(OC(=O)[C@@H]1N2C(=O)C[C@H]2SC1(C)C)OC(=O)C(C)(C)C. The molecule has 2 saturated heterocycles. The van der Waals surface area contributed by atoms with Crippen molar-refractivity contribution >= 4 is 29.6 Å². The Kier molecular flexibility index (Phi) is 4.23. The summed E-state index contributed by atoms with van der Waals surface area (Å²) >= 11 is 1.60. The van der Waals surface area contributed by atoms with E-state index in [9.17, 15) is 14.4 Å². The van der Waals surface area contributed by atoms with Crippen molar-refractivity contribution in [1.29, 1.82) is 0 Å². The fourth-order valence-corrected chi connectivity index (χ4v) is 4.16. The van der Waals surface area contributed by atoms with Gasteiger partial charge < -0.3 is 14.4 Å². The smallest absolute Gasteiger partial charge is 0.333 e. The van der Waals surface area contributed by atoms with Crippen molar-refractivity contribution in [2.45, 2.75) is 70.4 Å². The second-order valence-corrected chi connectivity index (χ2v) is 9.08. The number of thioether (sulfide) groups is 1. The standard InChI is InChI=1S/C15H23NO5S/c1-8(21-13(19)14(2,3)4)20-12(18)11-15(5,6)22-10-7-9(17)16(10)11/h8,10-11H,7H2,1-6H3/t8?,10-,11+/m1/s1. The molecule has 2 fully saturated rings. The number of fused-ring (bicyclic) bond motifs is 1. The van der Waals surface area contributed by atoms with E-state index in [-0.39, 0.29) is 11.3 Å². The molecule has 0 N–H and O–H groups in total. The summed E-state index contributed by atoms with van der Waals surface area (Å²) in [4.78, 5) is 37.5. The van der Waals surface area contributed by atoms with Gasteiger partial charge in [-0.15, -0.1) is 11.8 Å². The van der Waals surface area contributed by atoms with Gasteiger partial charge in [0.1, 0.15) is 6.04 Å². The normalized spacial score (nSPS) is 27.7. The quantitative estimate of drug-likeness (QED) is 0.447. The number of rotatable bonds is 3. The molecule has 6 nitrogen and oxygen atoms in total. The van der Waals surface area contributed by atoms with Gasteiger partial charge in [-0.2, -0.15) is 0 Å². The lowest BCUT2D eigenvalue weighted by atomic mass is 9.97. The van der Waals surface area contributed by atoms with Crippen LogP contribution in [0.4, 0.5) is 0 Å². The predicted molar refractivity (Wildman–Crippen MR) is 81.8 cm³/mol. The second-order valence-electron chi connectivity index (χ2n) is 7.24. The van der Waals surface area contributed by atoms with Crippen LogP contribution in [0.25, 0.3) is 0 Å². The molecule has 2 rings (SSSR count). The number of amides is 1. The Bertz CT molecular complexity index is 511. The number of carbonyl (C=O) groups excluding carboxylic acids is 3. The topological polar surface area (TPSA) is 72.9 Å². The molecule has 22 heavy (non-hydrogen) atoms. The molecule has 7 heteroatoms. The second kappa shape index (κ2) is 5.44. The van der Waals surface area contributed by atoms with Crippen LogP contribution in [0.1, 0.15) is 48.0 Å². The first kappa shape index (κ1) is 17.1. The third-order valence-corrected chi connectivity index (χ3v) is 5.21. The van der Waals surface area contributed by atoms with E-state index < -0.39 is 34.4 Å². The zero-order chi connectivity index (χ0) is 16.9. The first-order valence-corrected chi connectivity index (χ1v) is 8.22. The fourth-order valence-electron chi connectivity index (χ4n) is 2.54. The maximum absolute atomic E-state index is 12.4. The number of hydrogen-bond acceptors (Lipinski definition) is 6. The summed E-state index contributed by atoms with van der Waals surface area (Å²) in [5.41, 5.74) is -0.665. The zero-order valence-electron chi connectivity index (χ0n) is 13.8. The lowest BCUT2D eigenvalue weighted by molar-refractivity contribution is -0.195. The van der Waals surface area contributed by atoms with E-state index in [0.717, 1.165) is 0 Å². The van der Waals surface area contributed by atoms with Gasteiger partial charge in [0.25, 0.3) is 0 Å². The van der Waals surface area contributed by atoms with Crippen molar-refractivity contribution in [2.24, 2.45) is 5.41 Å². The zero-order valence-corrected chi connectivity index (χ0v) is 14.7. The summed E-state index contributed by atoms with van der Waals surface area (Å²) in [6.07, 6.45) is -0.512. The van der Waals surface area contributed by atoms with Crippen LogP contribution in [0.2, 0.25) is 0 Å². The van der Waals surface area contributed by atoms with Gasteiger partial charge in [-0.25, -0.2) is 4.79 Å². The summed E-state index contributed by atoms with van der Waals surface area (Å²) < 4.78 is 9.96. The predicted octanol–water partition coefficient (Wildman–Crippen LogP) is 1.92. The molecule has 0 radical (unpaired) electrons. The number of carbonyl (C=O) groups is 3. The third-order valence-electron chi connectivity index (χ3n) is 3.71. The maximum atomic E-state index is 12.4. The number of esters is 2. The van der Waals surface area contributed by atoms with Crippen LogP contribution in [0, 0.1) is 5.41 Å². The summed E-state index contributed by atoms with van der Waals surface area (Å²) in [6.45, 7) is 10.5. The number of nitrogens with zero attached hydrogens (tertiary/aromatic N) is 1. The van der Waals surface area contributed by atoms with E-state index in [1.807, 2.05) is 13.8 Å². The van der Waals surface area contributed by atoms with Crippen LogP contribution in [-0.2, 0) is 23.9 Å². The minimum absolute atomic E-state index is 0.0376. The van der Waals surface area contributed by atoms with Crippen molar-refractivity contribution < 1.29 is 23.9 Å². The molecular formula is C15H23NO5S. The third kappa shape index (κ3) is 3.09. The van der Waals surface area contributed by atoms with E-state index in [2.05, 4.69) is 0 Å². The Balaban J connectivity index is 1.99. The number of β-lactam (4-membered cyclic amide) rings is 1. The van der Waals surface area contributed by atoms with Gasteiger partial charge in [0, 0.05) is 11.7 Å². The van der Waals surface area contributed by atoms with E-state index in [0.29, 0.717) is 6.42 Å². The molecule has 3 atom stereocenters. The molecule has 0 saturated carbocycles. The molecule has 2 aliphatic heterocycles. The molecule has 0 bridgehead atoms. The van der Waals surface area contributed by atoms with Gasteiger partial charge in [-0.05, 0) is 34.6 Å². The molecule has 0 aromatic carbocycles. The number of hydrogen-bond donors (Lipinski definition) is 0. The van der Waals surface area contributed by atoms with E-state index in [1.165, 1.54) is 6.92 Å². The Morgan fingerprint density at radius 3 is 2.41 bits per heavy atom. The molecule has 2 aliphatic rings. The molecule has 0 aromatic heterocycles. The average molecular weight is 329 g/mol. The lowest BCUT2D eigenvalue weighted by Gasteiger charge is -2.37. The van der Waals surface area contributed by atoms with Gasteiger partial charge in [-0.3, -0.25) is 9.59 Å². The lowest BCUT2D eigenvalue weighted by Crippen LogP contribution is -2.57. The van der Waals surface area contributed by atoms with Gasteiger partial charge in [0.2, 0.25) is 12.2 Å². The van der Waals surface area contributed by atoms with E-state index in [4.69, 9.17) is 9.47 Å².